The Hall–Kier alpha value is -3.18. The Kier molecular flexibility index (Phi) is 6.70. The number of rotatable bonds is 8. The standard InChI is InChI=1S/C21H27N5O5S/c1-6-25(32(5,29)30)12-17-14(3)19(16-8-7-9-23-26(16)17)21(28)22-11-15-18(31-4)10-13(2)24-20(15)27/h7-10H,6,11-12H2,1-5H3,(H,22,28)(H,24,27). The maximum absolute atomic E-state index is 13.2. The van der Waals surface area contributed by atoms with Gasteiger partial charge >= 0.3 is 0 Å². The molecule has 0 aliphatic heterocycles. The lowest BCUT2D eigenvalue weighted by Gasteiger charge is -2.18. The number of aromatic amines is 1. The summed E-state index contributed by atoms with van der Waals surface area (Å²) < 4.78 is 32.4. The molecule has 0 bridgehead atoms. The molecule has 0 radical (unpaired) electrons. The van der Waals surface area contributed by atoms with Crippen molar-refractivity contribution in [3.8, 4) is 5.75 Å². The second-order valence-electron chi connectivity index (χ2n) is 7.47. The molecule has 3 aromatic heterocycles. The van der Waals surface area contributed by atoms with Crippen LogP contribution in [0.2, 0.25) is 0 Å². The Morgan fingerprint density at radius 1 is 1.34 bits per heavy atom. The molecule has 3 rings (SSSR count). The maximum Gasteiger partial charge on any atom is 0.256 e. The zero-order valence-corrected chi connectivity index (χ0v) is 19.5. The fourth-order valence-corrected chi connectivity index (χ4v) is 4.49. The van der Waals surface area contributed by atoms with Crippen LogP contribution in [0.1, 0.15) is 39.8 Å². The largest absolute Gasteiger partial charge is 0.496 e. The van der Waals surface area contributed by atoms with Crippen LogP contribution in [-0.2, 0) is 23.1 Å². The number of carbonyl (C=O) groups excluding carboxylic acids is 1. The van der Waals surface area contributed by atoms with Gasteiger partial charge in [0.2, 0.25) is 10.0 Å². The van der Waals surface area contributed by atoms with Crippen LogP contribution in [0.3, 0.4) is 0 Å². The first kappa shape index (κ1) is 23.5. The second-order valence-corrected chi connectivity index (χ2v) is 9.45. The lowest BCUT2D eigenvalue weighted by Crippen LogP contribution is -2.30. The summed E-state index contributed by atoms with van der Waals surface area (Å²) in [6.07, 6.45) is 2.72. The Labute approximate surface area is 186 Å². The third kappa shape index (κ3) is 4.53. The predicted octanol–water partition coefficient (Wildman–Crippen LogP) is 1.36. The molecule has 2 N–H and O–H groups in total. The molecule has 172 valence electrons. The molecule has 0 fully saturated rings. The van der Waals surface area contributed by atoms with E-state index in [1.165, 1.54) is 11.4 Å². The summed E-state index contributed by atoms with van der Waals surface area (Å²) >= 11 is 0. The van der Waals surface area contributed by atoms with Gasteiger partial charge in [-0.3, -0.25) is 9.59 Å². The summed E-state index contributed by atoms with van der Waals surface area (Å²) in [7, 11) is -1.97. The van der Waals surface area contributed by atoms with Crippen molar-refractivity contribution >= 4 is 21.4 Å². The number of pyridine rings is 1. The quantitative estimate of drug-likeness (QED) is 0.522. The molecule has 0 aliphatic carbocycles. The van der Waals surface area contributed by atoms with Crippen LogP contribution >= 0.6 is 0 Å². The van der Waals surface area contributed by atoms with Gasteiger partial charge in [-0.15, -0.1) is 0 Å². The lowest BCUT2D eigenvalue weighted by atomic mass is 10.1. The highest BCUT2D eigenvalue weighted by molar-refractivity contribution is 7.88. The van der Waals surface area contributed by atoms with E-state index in [1.807, 2.05) is 0 Å². The molecule has 0 aliphatic rings. The van der Waals surface area contributed by atoms with Crippen LogP contribution in [0.4, 0.5) is 0 Å². The summed E-state index contributed by atoms with van der Waals surface area (Å²) in [6, 6.07) is 5.14. The lowest BCUT2D eigenvalue weighted by molar-refractivity contribution is 0.0951. The third-order valence-electron chi connectivity index (χ3n) is 5.32. The van der Waals surface area contributed by atoms with Crippen LogP contribution in [0.15, 0.2) is 29.2 Å². The van der Waals surface area contributed by atoms with Crippen LogP contribution in [-0.4, -0.2) is 53.1 Å². The molecule has 0 atom stereocenters. The maximum atomic E-state index is 13.2. The van der Waals surface area contributed by atoms with Gasteiger partial charge in [0.15, 0.2) is 0 Å². The molecule has 0 saturated carbocycles. The van der Waals surface area contributed by atoms with Gasteiger partial charge in [0, 0.05) is 18.4 Å². The molecule has 1 amide bonds. The normalized spacial score (nSPS) is 11.8. The number of fused-ring (bicyclic) bond motifs is 1. The average Bonchev–Trinajstić information content (AvgIpc) is 3.00. The summed E-state index contributed by atoms with van der Waals surface area (Å²) in [4.78, 5) is 28.2. The zero-order valence-electron chi connectivity index (χ0n) is 18.7. The number of ether oxygens (including phenoxy) is 1. The van der Waals surface area contributed by atoms with E-state index < -0.39 is 15.9 Å². The summed E-state index contributed by atoms with van der Waals surface area (Å²) in [5, 5.41) is 7.11. The van der Waals surface area contributed by atoms with Gasteiger partial charge in [-0.25, -0.2) is 12.9 Å². The number of hydrogen-bond donors (Lipinski definition) is 2. The third-order valence-corrected chi connectivity index (χ3v) is 6.65. The van der Waals surface area contributed by atoms with Gasteiger partial charge in [-0.05, 0) is 37.6 Å². The van der Waals surface area contributed by atoms with Crippen molar-refractivity contribution < 1.29 is 17.9 Å². The monoisotopic (exact) mass is 461 g/mol. The van der Waals surface area contributed by atoms with Crippen molar-refractivity contribution in [1.82, 2.24) is 24.2 Å². The van der Waals surface area contributed by atoms with E-state index in [9.17, 15) is 18.0 Å². The highest BCUT2D eigenvalue weighted by atomic mass is 32.2. The molecule has 3 heterocycles. The number of H-pyrrole nitrogens is 1. The van der Waals surface area contributed by atoms with Crippen molar-refractivity contribution in [1.29, 1.82) is 0 Å². The smallest absolute Gasteiger partial charge is 0.256 e. The molecule has 0 spiro atoms. The second kappa shape index (κ2) is 9.13. The van der Waals surface area contributed by atoms with E-state index in [-0.39, 0.29) is 25.2 Å². The zero-order chi connectivity index (χ0) is 23.6. The van der Waals surface area contributed by atoms with Gasteiger partial charge in [0.1, 0.15) is 5.75 Å². The first-order valence-corrected chi connectivity index (χ1v) is 11.9. The molecule has 3 aromatic rings. The minimum absolute atomic E-state index is 0.0333. The van der Waals surface area contributed by atoms with Crippen LogP contribution in [0.25, 0.3) is 5.52 Å². The molecule has 10 nitrogen and oxygen atoms in total. The molecule has 0 aromatic carbocycles. The van der Waals surface area contributed by atoms with Crippen molar-refractivity contribution in [3.63, 3.8) is 0 Å². The number of hydrogen-bond acceptors (Lipinski definition) is 6. The number of aryl methyl sites for hydroxylation is 1. The number of nitrogens with zero attached hydrogens (tertiary/aromatic N) is 3. The highest BCUT2D eigenvalue weighted by Gasteiger charge is 2.25. The molecular weight excluding hydrogens is 434 g/mol. The molecule has 0 saturated heterocycles. The van der Waals surface area contributed by atoms with E-state index in [2.05, 4.69) is 15.4 Å². The van der Waals surface area contributed by atoms with Crippen LogP contribution in [0.5, 0.6) is 5.75 Å². The van der Waals surface area contributed by atoms with Crippen molar-refractivity contribution in [2.45, 2.75) is 33.9 Å². The minimum Gasteiger partial charge on any atom is -0.496 e. The number of methoxy groups -OCH3 is 1. The highest BCUT2D eigenvalue weighted by Crippen LogP contribution is 2.24. The topological polar surface area (TPSA) is 126 Å². The van der Waals surface area contributed by atoms with Crippen molar-refractivity contribution in [2.75, 3.05) is 19.9 Å². The first-order valence-electron chi connectivity index (χ1n) is 10.0. The van der Waals surface area contributed by atoms with E-state index in [0.717, 1.165) is 6.26 Å². The number of amides is 1. The molecule has 0 unspecified atom stereocenters. The Morgan fingerprint density at radius 3 is 2.69 bits per heavy atom. The number of sulfonamides is 1. The Balaban J connectivity index is 1.99. The summed E-state index contributed by atoms with van der Waals surface area (Å²) in [5.41, 5.74) is 2.76. The molecular formula is C21H27N5O5S. The Bertz CT molecular complexity index is 1330. The minimum atomic E-state index is -3.43. The van der Waals surface area contributed by atoms with Gasteiger partial charge in [0.05, 0.1) is 48.8 Å². The van der Waals surface area contributed by atoms with Crippen LogP contribution in [0, 0.1) is 13.8 Å². The Morgan fingerprint density at radius 2 is 2.06 bits per heavy atom. The van der Waals surface area contributed by atoms with Gasteiger partial charge in [-0.2, -0.15) is 9.40 Å². The first-order chi connectivity index (χ1) is 15.1. The van der Waals surface area contributed by atoms with Crippen molar-refractivity contribution in [3.05, 3.63) is 62.8 Å². The predicted molar refractivity (Wildman–Crippen MR) is 120 cm³/mol. The van der Waals surface area contributed by atoms with Crippen molar-refractivity contribution in [2.24, 2.45) is 0 Å². The molecule has 32 heavy (non-hydrogen) atoms. The van der Waals surface area contributed by atoms with Gasteiger partial charge in [0.25, 0.3) is 11.5 Å². The SMILES string of the molecule is CCN(Cc1c(C)c(C(=O)NCc2c(OC)cc(C)[nH]c2=O)c2cccnn12)S(C)(=O)=O. The van der Waals surface area contributed by atoms with Gasteiger partial charge in [-0.1, -0.05) is 6.92 Å². The van der Waals surface area contributed by atoms with E-state index in [1.54, 1.807) is 49.7 Å². The van der Waals surface area contributed by atoms with E-state index in [4.69, 9.17) is 4.74 Å². The molecule has 11 heteroatoms. The summed E-state index contributed by atoms with van der Waals surface area (Å²) in [6.45, 7) is 5.59. The number of nitrogens with one attached hydrogen (secondary N) is 2. The van der Waals surface area contributed by atoms with E-state index >= 15 is 0 Å². The average molecular weight is 462 g/mol. The van der Waals surface area contributed by atoms with Crippen LogP contribution < -0.4 is 15.6 Å². The fourth-order valence-electron chi connectivity index (χ4n) is 3.67. The fraction of sp³-hybridized carbons (Fsp3) is 0.381. The summed E-state index contributed by atoms with van der Waals surface area (Å²) in [5.74, 6) is -0.0113. The number of carbonyl (C=O) groups is 1. The van der Waals surface area contributed by atoms with Gasteiger partial charge < -0.3 is 15.0 Å². The van der Waals surface area contributed by atoms with E-state index in [0.29, 0.717) is 39.3 Å². The number of aromatic nitrogens is 3.